The van der Waals surface area contributed by atoms with Crippen molar-refractivity contribution in [3.63, 3.8) is 0 Å². The second kappa shape index (κ2) is 17.7. The van der Waals surface area contributed by atoms with Crippen molar-refractivity contribution < 1.29 is 4.74 Å². The van der Waals surface area contributed by atoms with E-state index in [1.165, 1.54) is 70.6 Å². The lowest BCUT2D eigenvalue weighted by Gasteiger charge is -2.01. The van der Waals surface area contributed by atoms with Gasteiger partial charge in [0.05, 0.1) is 6.61 Å². The highest BCUT2D eigenvalue weighted by Crippen LogP contribution is 2.07. The Labute approximate surface area is 121 Å². The number of hydrogen-bond donors (Lipinski definition) is 0. The van der Waals surface area contributed by atoms with Gasteiger partial charge in [0.1, 0.15) is 0 Å². The SMILES string of the molecule is CCCCCCCCC=CCCOCCCCCC. The zero-order chi connectivity index (χ0) is 14.0. The Morgan fingerprint density at radius 3 is 1.89 bits per heavy atom. The van der Waals surface area contributed by atoms with Gasteiger partial charge in [-0.3, -0.25) is 0 Å². The molecule has 0 saturated carbocycles. The number of allylic oxidation sites excluding steroid dienone is 1. The molecule has 1 nitrogen and oxygen atoms in total. The van der Waals surface area contributed by atoms with Gasteiger partial charge < -0.3 is 4.74 Å². The lowest BCUT2D eigenvalue weighted by molar-refractivity contribution is 0.134. The summed E-state index contributed by atoms with van der Waals surface area (Å²) >= 11 is 0. The molecule has 114 valence electrons. The van der Waals surface area contributed by atoms with E-state index in [4.69, 9.17) is 4.74 Å². The van der Waals surface area contributed by atoms with Crippen LogP contribution in [0.4, 0.5) is 0 Å². The monoisotopic (exact) mass is 268 g/mol. The fraction of sp³-hybridized carbons (Fsp3) is 0.889. The first-order valence-corrected chi connectivity index (χ1v) is 8.64. The van der Waals surface area contributed by atoms with Crippen molar-refractivity contribution in [2.75, 3.05) is 13.2 Å². The third-order valence-electron chi connectivity index (χ3n) is 3.46. The molecule has 0 bridgehead atoms. The summed E-state index contributed by atoms with van der Waals surface area (Å²) in [4.78, 5) is 0. The Kier molecular flexibility index (Phi) is 17.4. The summed E-state index contributed by atoms with van der Waals surface area (Å²) in [7, 11) is 0. The van der Waals surface area contributed by atoms with Crippen LogP contribution >= 0.6 is 0 Å². The number of unbranched alkanes of at least 4 members (excludes halogenated alkanes) is 9. The predicted octanol–water partition coefficient (Wildman–Crippen LogP) is 6.28. The fourth-order valence-corrected chi connectivity index (χ4v) is 2.16. The molecule has 0 aromatic heterocycles. The van der Waals surface area contributed by atoms with Crippen molar-refractivity contribution in [3.8, 4) is 0 Å². The van der Waals surface area contributed by atoms with Gasteiger partial charge in [-0.15, -0.1) is 0 Å². The molecule has 19 heavy (non-hydrogen) atoms. The smallest absolute Gasteiger partial charge is 0.0500 e. The van der Waals surface area contributed by atoms with Crippen molar-refractivity contribution in [2.24, 2.45) is 0 Å². The van der Waals surface area contributed by atoms with Crippen molar-refractivity contribution in [3.05, 3.63) is 12.2 Å². The molecule has 0 atom stereocenters. The minimum atomic E-state index is 0.902. The van der Waals surface area contributed by atoms with Crippen molar-refractivity contribution >= 4 is 0 Å². The molecule has 0 amide bonds. The van der Waals surface area contributed by atoms with E-state index in [0.717, 1.165) is 19.6 Å². The predicted molar refractivity (Wildman–Crippen MR) is 86.7 cm³/mol. The van der Waals surface area contributed by atoms with E-state index in [0.29, 0.717) is 0 Å². The summed E-state index contributed by atoms with van der Waals surface area (Å²) in [6.07, 6.45) is 20.5. The van der Waals surface area contributed by atoms with Crippen LogP contribution in [-0.4, -0.2) is 13.2 Å². The second-order valence-corrected chi connectivity index (χ2v) is 5.49. The Balaban J connectivity index is 3.01. The molecule has 0 unspecified atom stereocenters. The van der Waals surface area contributed by atoms with Crippen LogP contribution in [0.25, 0.3) is 0 Å². The molecule has 0 heterocycles. The Bertz CT molecular complexity index is 175. The molecule has 0 aliphatic carbocycles. The lowest BCUT2D eigenvalue weighted by Crippen LogP contribution is -1.95. The molecule has 1 heteroatoms. The van der Waals surface area contributed by atoms with Crippen LogP contribution in [0.3, 0.4) is 0 Å². The third kappa shape index (κ3) is 17.7. The van der Waals surface area contributed by atoms with E-state index >= 15 is 0 Å². The number of rotatable bonds is 15. The van der Waals surface area contributed by atoms with Gasteiger partial charge in [0.2, 0.25) is 0 Å². The molecular formula is C18H36O. The molecule has 0 spiro atoms. The quantitative estimate of drug-likeness (QED) is 0.251. The minimum Gasteiger partial charge on any atom is -0.381 e. The van der Waals surface area contributed by atoms with E-state index in [1.54, 1.807) is 0 Å². The summed E-state index contributed by atoms with van der Waals surface area (Å²) < 4.78 is 5.60. The third-order valence-corrected chi connectivity index (χ3v) is 3.46. The van der Waals surface area contributed by atoms with Gasteiger partial charge in [-0.2, -0.15) is 0 Å². The highest BCUT2D eigenvalue weighted by molar-refractivity contribution is 4.81. The summed E-state index contributed by atoms with van der Waals surface area (Å²) in [5.41, 5.74) is 0. The molecule has 0 fully saturated rings. The van der Waals surface area contributed by atoms with Crippen LogP contribution in [0.2, 0.25) is 0 Å². The van der Waals surface area contributed by atoms with Gasteiger partial charge in [0, 0.05) is 6.61 Å². The van der Waals surface area contributed by atoms with Gasteiger partial charge in [-0.1, -0.05) is 77.4 Å². The molecule has 0 aromatic carbocycles. The molecule has 0 rings (SSSR count). The minimum absolute atomic E-state index is 0.902. The molecule has 0 radical (unpaired) electrons. The summed E-state index contributed by atoms with van der Waals surface area (Å²) in [5, 5.41) is 0. The first-order valence-electron chi connectivity index (χ1n) is 8.64. The maximum atomic E-state index is 5.60. The first-order chi connectivity index (χ1) is 9.41. The van der Waals surface area contributed by atoms with Gasteiger partial charge in [0.25, 0.3) is 0 Å². The maximum Gasteiger partial charge on any atom is 0.0500 e. The highest BCUT2D eigenvalue weighted by Gasteiger charge is 1.89. The lowest BCUT2D eigenvalue weighted by atomic mass is 10.1. The Morgan fingerprint density at radius 2 is 1.16 bits per heavy atom. The highest BCUT2D eigenvalue weighted by atomic mass is 16.5. The van der Waals surface area contributed by atoms with Crippen molar-refractivity contribution in [1.82, 2.24) is 0 Å². The molecule has 0 aromatic rings. The van der Waals surface area contributed by atoms with Crippen LogP contribution < -0.4 is 0 Å². The van der Waals surface area contributed by atoms with Gasteiger partial charge >= 0.3 is 0 Å². The van der Waals surface area contributed by atoms with Crippen LogP contribution in [0.15, 0.2) is 12.2 Å². The second-order valence-electron chi connectivity index (χ2n) is 5.49. The van der Waals surface area contributed by atoms with Gasteiger partial charge in [-0.05, 0) is 25.7 Å². The van der Waals surface area contributed by atoms with Gasteiger partial charge in [-0.25, -0.2) is 0 Å². The number of hydrogen-bond acceptors (Lipinski definition) is 1. The van der Waals surface area contributed by atoms with E-state index < -0.39 is 0 Å². The van der Waals surface area contributed by atoms with Crippen LogP contribution in [-0.2, 0) is 4.74 Å². The number of ether oxygens (including phenoxy) is 1. The topological polar surface area (TPSA) is 9.23 Å². The largest absolute Gasteiger partial charge is 0.381 e. The zero-order valence-corrected chi connectivity index (χ0v) is 13.5. The van der Waals surface area contributed by atoms with Crippen molar-refractivity contribution in [1.29, 1.82) is 0 Å². The average molecular weight is 268 g/mol. The molecular weight excluding hydrogens is 232 g/mol. The van der Waals surface area contributed by atoms with Gasteiger partial charge in [0.15, 0.2) is 0 Å². The van der Waals surface area contributed by atoms with E-state index in [-0.39, 0.29) is 0 Å². The van der Waals surface area contributed by atoms with Crippen LogP contribution in [0.5, 0.6) is 0 Å². The maximum absolute atomic E-state index is 5.60. The molecule has 0 saturated heterocycles. The Morgan fingerprint density at radius 1 is 0.579 bits per heavy atom. The summed E-state index contributed by atoms with van der Waals surface area (Å²) in [6, 6.07) is 0. The van der Waals surface area contributed by atoms with Crippen LogP contribution in [0.1, 0.15) is 90.9 Å². The average Bonchev–Trinajstić information content (AvgIpc) is 2.43. The zero-order valence-electron chi connectivity index (χ0n) is 13.5. The van der Waals surface area contributed by atoms with Crippen LogP contribution in [0, 0.1) is 0 Å². The van der Waals surface area contributed by atoms with E-state index in [9.17, 15) is 0 Å². The van der Waals surface area contributed by atoms with Crippen molar-refractivity contribution in [2.45, 2.75) is 90.9 Å². The molecule has 0 aliphatic heterocycles. The fourth-order valence-electron chi connectivity index (χ4n) is 2.16. The normalized spacial score (nSPS) is 11.5. The Hall–Kier alpha value is -0.300. The first kappa shape index (κ1) is 18.7. The molecule has 0 aliphatic rings. The van der Waals surface area contributed by atoms with E-state index in [1.807, 2.05) is 0 Å². The standard InChI is InChI=1S/C18H36O/c1-3-5-7-9-10-11-12-13-14-16-18-19-17-15-8-6-4-2/h13-14H,3-12,15-18H2,1-2H3. The summed E-state index contributed by atoms with van der Waals surface area (Å²) in [5.74, 6) is 0. The molecule has 0 N–H and O–H groups in total. The van der Waals surface area contributed by atoms with E-state index in [2.05, 4.69) is 26.0 Å². The summed E-state index contributed by atoms with van der Waals surface area (Å²) in [6.45, 7) is 6.37.